The van der Waals surface area contributed by atoms with Gasteiger partial charge in [-0.3, -0.25) is 4.98 Å². The zero-order valence-electron chi connectivity index (χ0n) is 9.20. The van der Waals surface area contributed by atoms with Crippen LogP contribution in [-0.4, -0.2) is 17.6 Å². The molecule has 0 aromatic carbocycles. The molecule has 0 atom stereocenters. The minimum absolute atomic E-state index is 0.485. The highest BCUT2D eigenvalue weighted by Crippen LogP contribution is 2.18. The number of aromatic nitrogens is 1. The number of pyridine rings is 1. The second-order valence-electron chi connectivity index (χ2n) is 3.76. The Labute approximate surface area is 85.9 Å². The first-order chi connectivity index (χ1) is 6.65. The SMILES string of the molecule is CCCN(c1cncc(N)c1)C(C)C. The van der Waals surface area contributed by atoms with Crippen LogP contribution in [-0.2, 0) is 0 Å². The van der Waals surface area contributed by atoms with Gasteiger partial charge in [0, 0.05) is 18.8 Å². The summed E-state index contributed by atoms with van der Waals surface area (Å²) in [5.74, 6) is 0. The summed E-state index contributed by atoms with van der Waals surface area (Å²) in [6.07, 6.45) is 4.67. The Balaban J connectivity index is 2.87. The van der Waals surface area contributed by atoms with Crippen LogP contribution < -0.4 is 10.6 Å². The first-order valence-corrected chi connectivity index (χ1v) is 5.12. The molecule has 0 bridgehead atoms. The molecule has 0 saturated carbocycles. The van der Waals surface area contributed by atoms with Crippen molar-refractivity contribution in [2.45, 2.75) is 33.2 Å². The molecule has 0 saturated heterocycles. The molecule has 14 heavy (non-hydrogen) atoms. The second kappa shape index (κ2) is 4.84. The van der Waals surface area contributed by atoms with Crippen molar-refractivity contribution in [3.8, 4) is 0 Å². The van der Waals surface area contributed by atoms with Crippen LogP contribution in [0.1, 0.15) is 27.2 Å². The zero-order valence-corrected chi connectivity index (χ0v) is 9.20. The second-order valence-corrected chi connectivity index (χ2v) is 3.76. The predicted octanol–water partition coefficient (Wildman–Crippen LogP) is 2.29. The molecule has 0 unspecified atom stereocenters. The van der Waals surface area contributed by atoms with Crippen molar-refractivity contribution in [2.75, 3.05) is 17.2 Å². The summed E-state index contributed by atoms with van der Waals surface area (Å²) in [6.45, 7) is 7.58. The largest absolute Gasteiger partial charge is 0.397 e. The molecule has 1 aromatic rings. The van der Waals surface area contributed by atoms with E-state index in [1.807, 2.05) is 12.3 Å². The molecule has 0 fully saturated rings. The van der Waals surface area contributed by atoms with Crippen LogP contribution in [0.3, 0.4) is 0 Å². The van der Waals surface area contributed by atoms with Gasteiger partial charge in [0.25, 0.3) is 0 Å². The lowest BCUT2D eigenvalue weighted by Crippen LogP contribution is -2.31. The van der Waals surface area contributed by atoms with Gasteiger partial charge >= 0.3 is 0 Å². The van der Waals surface area contributed by atoms with Crippen molar-refractivity contribution < 1.29 is 0 Å². The average molecular weight is 193 g/mol. The highest BCUT2D eigenvalue weighted by Gasteiger charge is 2.09. The molecule has 0 amide bonds. The third kappa shape index (κ3) is 2.62. The van der Waals surface area contributed by atoms with Gasteiger partial charge in [-0.05, 0) is 26.3 Å². The maximum Gasteiger partial charge on any atom is 0.0575 e. The van der Waals surface area contributed by atoms with Crippen molar-refractivity contribution in [2.24, 2.45) is 0 Å². The lowest BCUT2D eigenvalue weighted by molar-refractivity contribution is 0.670. The Bertz CT molecular complexity index is 284. The quantitative estimate of drug-likeness (QED) is 0.797. The minimum atomic E-state index is 0.485. The number of hydrogen-bond acceptors (Lipinski definition) is 3. The molecule has 3 nitrogen and oxygen atoms in total. The summed E-state index contributed by atoms with van der Waals surface area (Å²) in [5, 5.41) is 0. The van der Waals surface area contributed by atoms with Crippen LogP contribution in [0.2, 0.25) is 0 Å². The fourth-order valence-corrected chi connectivity index (χ4v) is 1.53. The van der Waals surface area contributed by atoms with Crippen LogP contribution in [0.15, 0.2) is 18.5 Å². The Kier molecular flexibility index (Phi) is 3.74. The summed E-state index contributed by atoms with van der Waals surface area (Å²) < 4.78 is 0. The van der Waals surface area contributed by atoms with Gasteiger partial charge < -0.3 is 10.6 Å². The molecule has 3 heteroatoms. The van der Waals surface area contributed by atoms with Crippen LogP contribution in [0.25, 0.3) is 0 Å². The van der Waals surface area contributed by atoms with E-state index in [0.717, 1.165) is 24.3 Å². The summed E-state index contributed by atoms with van der Waals surface area (Å²) >= 11 is 0. The normalized spacial score (nSPS) is 10.6. The van der Waals surface area contributed by atoms with Crippen molar-refractivity contribution in [3.63, 3.8) is 0 Å². The number of nitrogens with zero attached hydrogens (tertiary/aromatic N) is 2. The minimum Gasteiger partial charge on any atom is -0.397 e. The van der Waals surface area contributed by atoms with Crippen molar-refractivity contribution >= 4 is 11.4 Å². The third-order valence-corrected chi connectivity index (χ3v) is 2.16. The third-order valence-electron chi connectivity index (χ3n) is 2.16. The zero-order chi connectivity index (χ0) is 10.6. The summed E-state index contributed by atoms with van der Waals surface area (Å²) in [6, 6.07) is 2.46. The van der Waals surface area contributed by atoms with E-state index < -0.39 is 0 Å². The predicted molar refractivity (Wildman–Crippen MR) is 61.4 cm³/mol. The van der Waals surface area contributed by atoms with Crippen LogP contribution >= 0.6 is 0 Å². The molecule has 1 heterocycles. The smallest absolute Gasteiger partial charge is 0.0575 e. The number of rotatable bonds is 4. The van der Waals surface area contributed by atoms with Crippen molar-refractivity contribution in [3.05, 3.63) is 18.5 Å². The van der Waals surface area contributed by atoms with E-state index in [9.17, 15) is 0 Å². The maximum absolute atomic E-state index is 5.70. The lowest BCUT2D eigenvalue weighted by Gasteiger charge is -2.28. The van der Waals surface area contributed by atoms with Gasteiger partial charge in [-0.2, -0.15) is 0 Å². The molecular weight excluding hydrogens is 174 g/mol. The topological polar surface area (TPSA) is 42.2 Å². The van der Waals surface area contributed by atoms with Crippen molar-refractivity contribution in [1.82, 2.24) is 4.98 Å². The van der Waals surface area contributed by atoms with E-state index >= 15 is 0 Å². The van der Waals surface area contributed by atoms with Crippen LogP contribution in [0.5, 0.6) is 0 Å². The first kappa shape index (κ1) is 10.8. The first-order valence-electron chi connectivity index (χ1n) is 5.12. The fraction of sp³-hybridized carbons (Fsp3) is 0.545. The monoisotopic (exact) mass is 193 g/mol. The van der Waals surface area contributed by atoms with E-state index in [-0.39, 0.29) is 0 Å². The molecule has 0 aliphatic heterocycles. The fourth-order valence-electron chi connectivity index (χ4n) is 1.53. The Morgan fingerprint density at radius 1 is 1.43 bits per heavy atom. The Morgan fingerprint density at radius 2 is 2.14 bits per heavy atom. The van der Waals surface area contributed by atoms with Gasteiger partial charge in [-0.15, -0.1) is 0 Å². The molecule has 0 aliphatic rings. The molecule has 0 spiro atoms. The molecule has 0 aliphatic carbocycles. The summed E-state index contributed by atoms with van der Waals surface area (Å²) in [7, 11) is 0. The van der Waals surface area contributed by atoms with Gasteiger partial charge in [0.15, 0.2) is 0 Å². The summed E-state index contributed by atoms with van der Waals surface area (Å²) in [4.78, 5) is 6.41. The van der Waals surface area contributed by atoms with Gasteiger partial charge in [-0.25, -0.2) is 0 Å². The standard InChI is InChI=1S/C11H19N3/c1-4-5-14(9(2)3)11-6-10(12)7-13-8-11/h6-9H,4-5,12H2,1-3H3. The number of nitrogens with two attached hydrogens (primary N) is 1. The van der Waals surface area contributed by atoms with Gasteiger partial charge in [0.05, 0.1) is 17.6 Å². The van der Waals surface area contributed by atoms with E-state index in [4.69, 9.17) is 5.73 Å². The van der Waals surface area contributed by atoms with Crippen LogP contribution in [0, 0.1) is 0 Å². The number of hydrogen-bond donors (Lipinski definition) is 1. The molecule has 1 aromatic heterocycles. The van der Waals surface area contributed by atoms with E-state index in [1.165, 1.54) is 0 Å². The lowest BCUT2D eigenvalue weighted by atomic mass is 10.2. The average Bonchev–Trinajstić information content (AvgIpc) is 2.13. The highest BCUT2D eigenvalue weighted by molar-refractivity contribution is 5.53. The number of nitrogen functional groups attached to an aromatic ring is 1. The van der Waals surface area contributed by atoms with E-state index in [2.05, 4.69) is 30.7 Å². The highest BCUT2D eigenvalue weighted by atomic mass is 15.2. The van der Waals surface area contributed by atoms with Crippen molar-refractivity contribution in [1.29, 1.82) is 0 Å². The van der Waals surface area contributed by atoms with E-state index in [0.29, 0.717) is 6.04 Å². The molecule has 78 valence electrons. The van der Waals surface area contributed by atoms with Gasteiger partial charge in [0.1, 0.15) is 0 Å². The van der Waals surface area contributed by atoms with Gasteiger partial charge in [-0.1, -0.05) is 6.92 Å². The maximum atomic E-state index is 5.70. The summed E-state index contributed by atoms with van der Waals surface area (Å²) in [5.41, 5.74) is 7.54. The van der Waals surface area contributed by atoms with Gasteiger partial charge in [0.2, 0.25) is 0 Å². The van der Waals surface area contributed by atoms with Crippen LogP contribution in [0.4, 0.5) is 11.4 Å². The number of anilines is 2. The van der Waals surface area contributed by atoms with E-state index in [1.54, 1.807) is 6.20 Å². The Hall–Kier alpha value is -1.25. The molecular formula is C11H19N3. The molecule has 1 rings (SSSR count). The molecule has 0 radical (unpaired) electrons. The Morgan fingerprint density at radius 3 is 2.64 bits per heavy atom. The molecule has 2 N–H and O–H groups in total.